The van der Waals surface area contributed by atoms with Crippen molar-refractivity contribution in [2.24, 2.45) is 0 Å². The molecule has 0 bridgehead atoms. The maximum absolute atomic E-state index is 12.2. The van der Waals surface area contributed by atoms with E-state index in [0.717, 1.165) is 32.7 Å². The summed E-state index contributed by atoms with van der Waals surface area (Å²) in [6.07, 6.45) is 0. The molecule has 0 saturated carbocycles. The fourth-order valence-electron chi connectivity index (χ4n) is 2.29. The number of piperazine rings is 1. The predicted octanol–water partition coefficient (Wildman–Crippen LogP) is 1.14. The van der Waals surface area contributed by atoms with Gasteiger partial charge in [-0.15, -0.1) is 12.4 Å². The molecule has 1 amide bonds. The van der Waals surface area contributed by atoms with Gasteiger partial charge in [-0.3, -0.25) is 9.69 Å². The summed E-state index contributed by atoms with van der Waals surface area (Å²) in [7, 11) is 0. The van der Waals surface area contributed by atoms with Gasteiger partial charge in [0.2, 0.25) is 0 Å². The molecular formula is C15H24ClN3O2. The zero-order valence-corrected chi connectivity index (χ0v) is 13.2. The first-order valence-corrected chi connectivity index (χ1v) is 7.24. The molecule has 1 saturated heterocycles. The van der Waals surface area contributed by atoms with Crippen LogP contribution in [0.1, 0.15) is 17.3 Å². The van der Waals surface area contributed by atoms with Gasteiger partial charge in [0, 0.05) is 39.3 Å². The lowest BCUT2D eigenvalue weighted by Gasteiger charge is -2.27. The van der Waals surface area contributed by atoms with E-state index in [9.17, 15) is 4.79 Å². The topological polar surface area (TPSA) is 53.6 Å². The number of benzene rings is 1. The fraction of sp³-hybridized carbons (Fsp3) is 0.533. The first-order chi connectivity index (χ1) is 9.81. The van der Waals surface area contributed by atoms with E-state index >= 15 is 0 Å². The van der Waals surface area contributed by atoms with Crippen molar-refractivity contribution in [3.8, 4) is 5.75 Å². The Labute approximate surface area is 132 Å². The van der Waals surface area contributed by atoms with Crippen LogP contribution in [0.25, 0.3) is 0 Å². The summed E-state index contributed by atoms with van der Waals surface area (Å²) in [5, 5.41) is 6.28. The Morgan fingerprint density at radius 3 is 2.76 bits per heavy atom. The van der Waals surface area contributed by atoms with E-state index in [-0.39, 0.29) is 18.3 Å². The first kappa shape index (κ1) is 17.8. The molecule has 2 N–H and O–H groups in total. The van der Waals surface area contributed by atoms with Gasteiger partial charge in [0.25, 0.3) is 5.91 Å². The van der Waals surface area contributed by atoms with E-state index in [1.807, 2.05) is 25.1 Å². The van der Waals surface area contributed by atoms with Crippen LogP contribution in [0.15, 0.2) is 24.3 Å². The lowest BCUT2D eigenvalue weighted by molar-refractivity contribution is 0.0943. The summed E-state index contributed by atoms with van der Waals surface area (Å²) in [4.78, 5) is 14.5. The highest BCUT2D eigenvalue weighted by Gasteiger charge is 2.13. The van der Waals surface area contributed by atoms with Crippen molar-refractivity contribution in [3.05, 3.63) is 29.8 Å². The average Bonchev–Trinajstić information content (AvgIpc) is 2.49. The third-order valence-corrected chi connectivity index (χ3v) is 3.35. The summed E-state index contributed by atoms with van der Waals surface area (Å²) in [6, 6.07) is 7.36. The number of ether oxygens (including phenoxy) is 1. The van der Waals surface area contributed by atoms with Crippen LogP contribution in [0, 0.1) is 0 Å². The number of carbonyl (C=O) groups is 1. The molecule has 1 heterocycles. The van der Waals surface area contributed by atoms with E-state index in [2.05, 4.69) is 15.5 Å². The SMILES string of the molecule is CCOc1ccccc1C(=O)NCCN1CCNCC1.Cl. The smallest absolute Gasteiger partial charge is 0.255 e. The molecule has 0 aliphatic carbocycles. The first-order valence-electron chi connectivity index (χ1n) is 7.24. The van der Waals surface area contributed by atoms with Crippen LogP contribution in [-0.2, 0) is 0 Å². The highest BCUT2D eigenvalue weighted by Crippen LogP contribution is 2.17. The number of halogens is 1. The minimum Gasteiger partial charge on any atom is -0.493 e. The molecule has 1 aliphatic rings. The van der Waals surface area contributed by atoms with Crippen LogP contribution >= 0.6 is 12.4 Å². The predicted molar refractivity (Wildman–Crippen MR) is 86.5 cm³/mol. The standard InChI is InChI=1S/C15H23N3O2.ClH/c1-2-20-14-6-4-3-5-13(14)15(19)17-9-12-18-10-7-16-8-11-18;/h3-6,16H,2,7-12H2,1H3,(H,17,19);1H. The molecule has 118 valence electrons. The van der Waals surface area contributed by atoms with Crippen LogP contribution in [0.2, 0.25) is 0 Å². The van der Waals surface area contributed by atoms with Crippen molar-refractivity contribution in [1.82, 2.24) is 15.5 Å². The number of hydrogen-bond donors (Lipinski definition) is 2. The van der Waals surface area contributed by atoms with Gasteiger partial charge in [-0.05, 0) is 19.1 Å². The molecule has 5 nitrogen and oxygen atoms in total. The Hall–Kier alpha value is -1.30. The fourth-order valence-corrected chi connectivity index (χ4v) is 2.29. The number of hydrogen-bond acceptors (Lipinski definition) is 4. The van der Waals surface area contributed by atoms with E-state index in [0.29, 0.717) is 24.5 Å². The van der Waals surface area contributed by atoms with E-state index < -0.39 is 0 Å². The molecule has 1 aromatic rings. The summed E-state index contributed by atoms with van der Waals surface area (Å²) >= 11 is 0. The Kier molecular flexibility index (Phi) is 8.12. The molecule has 0 radical (unpaired) electrons. The van der Waals surface area contributed by atoms with Gasteiger partial charge in [0.1, 0.15) is 5.75 Å². The molecule has 2 rings (SSSR count). The minimum atomic E-state index is -0.0656. The Morgan fingerprint density at radius 1 is 1.33 bits per heavy atom. The van der Waals surface area contributed by atoms with Crippen LogP contribution in [-0.4, -0.2) is 56.7 Å². The highest BCUT2D eigenvalue weighted by molar-refractivity contribution is 5.96. The van der Waals surface area contributed by atoms with Gasteiger partial charge in [-0.1, -0.05) is 12.1 Å². The summed E-state index contributed by atoms with van der Waals surface area (Å²) in [5.41, 5.74) is 0.606. The summed E-state index contributed by atoms with van der Waals surface area (Å²) in [6.45, 7) is 8.19. The molecule has 21 heavy (non-hydrogen) atoms. The summed E-state index contributed by atoms with van der Waals surface area (Å²) < 4.78 is 5.47. The van der Waals surface area contributed by atoms with Crippen LogP contribution in [0.5, 0.6) is 5.75 Å². The van der Waals surface area contributed by atoms with Gasteiger partial charge < -0.3 is 15.4 Å². The number of rotatable bonds is 6. The Bertz CT molecular complexity index is 437. The van der Waals surface area contributed by atoms with Crippen molar-refractivity contribution >= 4 is 18.3 Å². The summed E-state index contributed by atoms with van der Waals surface area (Å²) in [5.74, 6) is 0.582. The lowest BCUT2D eigenvalue weighted by atomic mass is 10.2. The minimum absolute atomic E-state index is 0. The molecule has 0 unspecified atom stereocenters. The molecule has 1 fully saturated rings. The number of para-hydroxylation sites is 1. The van der Waals surface area contributed by atoms with Crippen molar-refractivity contribution in [2.75, 3.05) is 45.9 Å². The van der Waals surface area contributed by atoms with Crippen molar-refractivity contribution in [1.29, 1.82) is 0 Å². The van der Waals surface area contributed by atoms with Gasteiger partial charge in [0.15, 0.2) is 0 Å². The van der Waals surface area contributed by atoms with Crippen molar-refractivity contribution in [2.45, 2.75) is 6.92 Å². The van der Waals surface area contributed by atoms with E-state index in [1.165, 1.54) is 0 Å². The highest BCUT2D eigenvalue weighted by atomic mass is 35.5. The van der Waals surface area contributed by atoms with Crippen molar-refractivity contribution in [3.63, 3.8) is 0 Å². The second kappa shape index (κ2) is 9.60. The van der Waals surface area contributed by atoms with Crippen molar-refractivity contribution < 1.29 is 9.53 Å². The monoisotopic (exact) mass is 313 g/mol. The van der Waals surface area contributed by atoms with E-state index in [1.54, 1.807) is 6.07 Å². The number of nitrogens with zero attached hydrogens (tertiary/aromatic N) is 1. The molecule has 0 atom stereocenters. The molecule has 0 aromatic heterocycles. The quantitative estimate of drug-likeness (QED) is 0.827. The Morgan fingerprint density at radius 2 is 2.05 bits per heavy atom. The molecule has 1 aliphatic heterocycles. The maximum atomic E-state index is 12.2. The zero-order valence-electron chi connectivity index (χ0n) is 12.4. The van der Waals surface area contributed by atoms with Gasteiger partial charge in [-0.2, -0.15) is 0 Å². The van der Waals surface area contributed by atoms with Gasteiger partial charge in [0.05, 0.1) is 12.2 Å². The number of carbonyl (C=O) groups excluding carboxylic acids is 1. The number of nitrogens with one attached hydrogen (secondary N) is 2. The lowest BCUT2D eigenvalue weighted by Crippen LogP contribution is -2.46. The molecular weight excluding hydrogens is 290 g/mol. The average molecular weight is 314 g/mol. The third kappa shape index (κ3) is 5.53. The van der Waals surface area contributed by atoms with Gasteiger partial charge >= 0.3 is 0 Å². The third-order valence-electron chi connectivity index (χ3n) is 3.35. The van der Waals surface area contributed by atoms with Crippen LogP contribution in [0.4, 0.5) is 0 Å². The van der Waals surface area contributed by atoms with E-state index in [4.69, 9.17) is 4.74 Å². The van der Waals surface area contributed by atoms with Crippen LogP contribution < -0.4 is 15.4 Å². The normalized spacial score (nSPS) is 15.1. The second-order valence-corrected chi connectivity index (χ2v) is 4.78. The molecule has 0 spiro atoms. The van der Waals surface area contributed by atoms with Crippen LogP contribution in [0.3, 0.4) is 0 Å². The Balaban J connectivity index is 0.00000220. The maximum Gasteiger partial charge on any atom is 0.255 e. The largest absolute Gasteiger partial charge is 0.493 e. The molecule has 1 aromatic carbocycles. The van der Waals surface area contributed by atoms with Gasteiger partial charge in [-0.25, -0.2) is 0 Å². The molecule has 6 heteroatoms. The number of amides is 1. The second-order valence-electron chi connectivity index (χ2n) is 4.78. The zero-order chi connectivity index (χ0) is 14.2.